The van der Waals surface area contributed by atoms with Crippen LogP contribution in [0.5, 0.6) is 0 Å². The maximum absolute atomic E-state index is 12.2. The van der Waals surface area contributed by atoms with Crippen LogP contribution in [-0.2, 0) is 10.0 Å². The zero-order chi connectivity index (χ0) is 16.8. The number of hydrogen-bond donors (Lipinski definition) is 1. The average molecular weight is 333 g/mol. The third kappa shape index (κ3) is 5.43. The third-order valence-corrected chi connectivity index (χ3v) is 6.15. The normalized spacial score (nSPS) is 23.9. The molecule has 0 bridgehead atoms. The van der Waals surface area contributed by atoms with Crippen LogP contribution < -0.4 is 5.32 Å². The molecule has 130 valence electrons. The van der Waals surface area contributed by atoms with E-state index in [-0.39, 0.29) is 5.75 Å². The van der Waals surface area contributed by atoms with E-state index in [0.717, 1.165) is 19.0 Å². The number of likely N-dealkylation sites (tertiary alicyclic amines) is 1. The van der Waals surface area contributed by atoms with Gasteiger partial charge in [0.15, 0.2) is 5.96 Å². The van der Waals surface area contributed by atoms with Crippen molar-refractivity contribution in [3.8, 4) is 0 Å². The van der Waals surface area contributed by atoms with Crippen molar-refractivity contribution in [3.05, 3.63) is 0 Å². The highest BCUT2D eigenvalue weighted by atomic mass is 32.2. The van der Waals surface area contributed by atoms with E-state index < -0.39 is 10.0 Å². The second-order valence-electron chi connectivity index (χ2n) is 6.23. The van der Waals surface area contributed by atoms with Gasteiger partial charge in [-0.1, -0.05) is 27.7 Å². The maximum Gasteiger partial charge on any atom is 0.215 e. The molecule has 1 aliphatic rings. The van der Waals surface area contributed by atoms with Crippen molar-refractivity contribution >= 4 is 16.0 Å². The molecule has 7 heteroatoms. The molecule has 22 heavy (non-hydrogen) atoms. The Morgan fingerprint density at radius 2 is 1.77 bits per heavy atom. The van der Waals surface area contributed by atoms with Gasteiger partial charge in [0.05, 0.1) is 5.75 Å². The van der Waals surface area contributed by atoms with Crippen molar-refractivity contribution < 1.29 is 8.42 Å². The van der Waals surface area contributed by atoms with Crippen LogP contribution in [0.1, 0.15) is 34.1 Å². The summed E-state index contributed by atoms with van der Waals surface area (Å²) in [4.78, 5) is 6.55. The Hall–Kier alpha value is -0.820. The minimum Gasteiger partial charge on any atom is -0.355 e. The second kappa shape index (κ2) is 8.72. The zero-order valence-corrected chi connectivity index (χ0v) is 15.5. The molecule has 0 aromatic heterocycles. The Balaban J connectivity index is 2.55. The highest BCUT2D eigenvalue weighted by Gasteiger charge is 2.24. The van der Waals surface area contributed by atoms with Crippen LogP contribution in [0.2, 0.25) is 0 Å². The van der Waals surface area contributed by atoms with E-state index in [4.69, 9.17) is 0 Å². The van der Waals surface area contributed by atoms with E-state index in [9.17, 15) is 8.42 Å². The fraction of sp³-hybridized carbons (Fsp3) is 0.933. The molecule has 0 aromatic carbocycles. The average Bonchev–Trinajstić information content (AvgIpc) is 2.43. The van der Waals surface area contributed by atoms with Crippen molar-refractivity contribution in [1.29, 1.82) is 0 Å². The molecule has 0 spiro atoms. The molecule has 0 amide bonds. The molecule has 1 N–H and O–H groups in total. The first-order valence-corrected chi connectivity index (χ1v) is 9.88. The van der Waals surface area contributed by atoms with E-state index in [1.54, 1.807) is 7.05 Å². The largest absolute Gasteiger partial charge is 0.355 e. The third-order valence-electron chi connectivity index (χ3n) is 4.12. The summed E-state index contributed by atoms with van der Waals surface area (Å²) in [6.07, 6.45) is 1.24. The van der Waals surface area contributed by atoms with E-state index in [1.807, 2.05) is 13.8 Å². The summed E-state index contributed by atoms with van der Waals surface area (Å²) in [6, 6.07) is 0. The molecule has 1 fully saturated rings. The Bertz CT molecular complexity index is 450. The molecule has 1 aliphatic heterocycles. The quantitative estimate of drug-likeness (QED) is 0.586. The standard InChI is InChI=1S/C15H32N4O2S/c1-6-19(7-2)22(20,21)9-8-17-15(16-5)18-11-13(3)10-14(4)12-18/h13-14H,6-12H2,1-5H3,(H,16,17). The molecule has 2 unspecified atom stereocenters. The predicted molar refractivity (Wildman–Crippen MR) is 92.6 cm³/mol. The van der Waals surface area contributed by atoms with Crippen molar-refractivity contribution in [1.82, 2.24) is 14.5 Å². The van der Waals surface area contributed by atoms with Crippen LogP contribution in [0, 0.1) is 11.8 Å². The lowest BCUT2D eigenvalue weighted by Crippen LogP contribution is -2.49. The Labute approximate surface area is 136 Å². The SMILES string of the molecule is CCN(CC)S(=O)(=O)CCNC(=NC)N1CC(C)CC(C)C1. The van der Waals surface area contributed by atoms with Gasteiger partial charge < -0.3 is 10.2 Å². The fourth-order valence-corrected chi connectivity index (χ4v) is 4.61. The Morgan fingerprint density at radius 3 is 2.23 bits per heavy atom. The van der Waals surface area contributed by atoms with Gasteiger partial charge in [-0.25, -0.2) is 12.7 Å². The van der Waals surface area contributed by atoms with Crippen LogP contribution in [0.4, 0.5) is 0 Å². The molecule has 2 atom stereocenters. The van der Waals surface area contributed by atoms with Crippen LogP contribution in [-0.4, -0.2) is 69.1 Å². The van der Waals surface area contributed by atoms with Gasteiger partial charge in [-0.3, -0.25) is 4.99 Å². The summed E-state index contributed by atoms with van der Waals surface area (Å²) in [5, 5.41) is 3.21. The number of hydrogen-bond acceptors (Lipinski definition) is 3. The lowest BCUT2D eigenvalue weighted by molar-refractivity contribution is 0.209. The number of guanidine groups is 1. The number of aliphatic imine (C=N–C) groups is 1. The molecule has 0 aliphatic carbocycles. The van der Waals surface area contributed by atoms with Crippen molar-refractivity contribution in [2.45, 2.75) is 34.1 Å². The smallest absolute Gasteiger partial charge is 0.215 e. The molecule has 1 saturated heterocycles. The van der Waals surface area contributed by atoms with E-state index in [0.29, 0.717) is 31.5 Å². The number of sulfonamides is 1. The summed E-state index contributed by atoms with van der Waals surface area (Å²) in [5.74, 6) is 2.20. The van der Waals surface area contributed by atoms with Crippen molar-refractivity contribution in [2.24, 2.45) is 16.8 Å². The van der Waals surface area contributed by atoms with Crippen molar-refractivity contribution in [3.63, 3.8) is 0 Å². The summed E-state index contributed by atoms with van der Waals surface area (Å²) in [6.45, 7) is 11.6. The van der Waals surface area contributed by atoms with Gasteiger partial charge in [0.2, 0.25) is 10.0 Å². The van der Waals surface area contributed by atoms with Crippen LogP contribution in [0.3, 0.4) is 0 Å². The summed E-state index contributed by atoms with van der Waals surface area (Å²) >= 11 is 0. The number of nitrogens with zero attached hydrogens (tertiary/aromatic N) is 3. The molecule has 0 aromatic rings. The first-order valence-electron chi connectivity index (χ1n) is 8.27. The number of rotatable bonds is 6. The van der Waals surface area contributed by atoms with Gasteiger partial charge in [0.25, 0.3) is 0 Å². The molecule has 0 radical (unpaired) electrons. The van der Waals surface area contributed by atoms with Crippen LogP contribution in [0.25, 0.3) is 0 Å². The predicted octanol–water partition coefficient (Wildman–Crippen LogP) is 1.21. The second-order valence-corrected chi connectivity index (χ2v) is 8.31. The first kappa shape index (κ1) is 19.2. The Morgan fingerprint density at radius 1 is 1.23 bits per heavy atom. The molecule has 0 saturated carbocycles. The highest BCUT2D eigenvalue weighted by Crippen LogP contribution is 2.20. The fourth-order valence-electron chi connectivity index (χ4n) is 3.21. The summed E-state index contributed by atoms with van der Waals surface area (Å²) in [7, 11) is -1.43. The maximum atomic E-state index is 12.2. The zero-order valence-electron chi connectivity index (χ0n) is 14.7. The monoisotopic (exact) mass is 332 g/mol. The van der Waals surface area contributed by atoms with E-state index in [1.165, 1.54) is 10.7 Å². The number of piperidine rings is 1. The van der Waals surface area contributed by atoms with Gasteiger partial charge in [-0.15, -0.1) is 0 Å². The minimum atomic E-state index is -3.18. The molecular formula is C15H32N4O2S. The topological polar surface area (TPSA) is 65.0 Å². The van der Waals surface area contributed by atoms with Crippen LogP contribution >= 0.6 is 0 Å². The van der Waals surface area contributed by atoms with Gasteiger partial charge in [0.1, 0.15) is 0 Å². The van der Waals surface area contributed by atoms with Gasteiger partial charge in [-0.05, 0) is 18.3 Å². The summed E-state index contributed by atoms with van der Waals surface area (Å²) < 4.78 is 25.9. The highest BCUT2D eigenvalue weighted by molar-refractivity contribution is 7.89. The Kier molecular flexibility index (Phi) is 7.62. The van der Waals surface area contributed by atoms with E-state index >= 15 is 0 Å². The summed E-state index contributed by atoms with van der Waals surface area (Å²) in [5.41, 5.74) is 0. The van der Waals surface area contributed by atoms with E-state index in [2.05, 4.69) is 29.1 Å². The van der Waals surface area contributed by atoms with Gasteiger partial charge in [-0.2, -0.15) is 0 Å². The minimum absolute atomic E-state index is 0.104. The molecule has 1 rings (SSSR count). The lowest BCUT2D eigenvalue weighted by atomic mass is 9.92. The number of nitrogens with one attached hydrogen (secondary N) is 1. The van der Waals surface area contributed by atoms with Crippen LogP contribution in [0.15, 0.2) is 4.99 Å². The molecule has 6 nitrogen and oxygen atoms in total. The lowest BCUT2D eigenvalue weighted by Gasteiger charge is -2.37. The molecular weight excluding hydrogens is 300 g/mol. The van der Waals surface area contributed by atoms with Gasteiger partial charge >= 0.3 is 0 Å². The van der Waals surface area contributed by atoms with Crippen molar-refractivity contribution in [2.75, 3.05) is 45.5 Å². The van der Waals surface area contributed by atoms with Gasteiger partial charge in [0, 0.05) is 39.8 Å². The molecule has 1 heterocycles. The first-order chi connectivity index (χ1) is 10.3.